The largest absolute Gasteiger partial charge is 0.352 e. The molecule has 1 atom stereocenters. The van der Waals surface area contributed by atoms with E-state index in [1.807, 2.05) is 31.2 Å². The van der Waals surface area contributed by atoms with Crippen LogP contribution < -0.4 is 5.32 Å². The summed E-state index contributed by atoms with van der Waals surface area (Å²) < 4.78 is 0. The van der Waals surface area contributed by atoms with Crippen molar-refractivity contribution >= 4 is 5.91 Å². The van der Waals surface area contributed by atoms with Gasteiger partial charge < -0.3 is 5.32 Å². The van der Waals surface area contributed by atoms with E-state index in [2.05, 4.69) is 31.3 Å². The molecule has 2 nitrogen and oxygen atoms in total. The first-order chi connectivity index (χ1) is 9.20. The van der Waals surface area contributed by atoms with Crippen LogP contribution in [-0.2, 0) is 4.79 Å². The fraction of sp³-hybridized carbons (Fsp3) is 0.471. The molecule has 106 valence electrons. The third-order valence-electron chi connectivity index (χ3n) is 2.76. The molecule has 0 saturated carbocycles. The van der Waals surface area contributed by atoms with Gasteiger partial charge in [-0.2, -0.15) is 0 Å². The monoisotopic (exact) mass is 261 g/mol. The van der Waals surface area contributed by atoms with Crippen molar-refractivity contribution < 1.29 is 4.79 Å². The molecule has 0 heterocycles. The highest BCUT2D eigenvalue weighted by atomic mass is 16.1. The van der Waals surface area contributed by atoms with Crippen LogP contribution in [0.5, 0.6) is 0 Å². The van der Waals surface area contributed by atoms with Crippen molar-refractivity contribution in [2.45, 2.75) is 40.0 Å². The van der Waals surface area contributed by atoms with Crippen LogP contribution in [0.2, 0.25) is 0 Å². The van der Waals surface area contributed by atoms with Crippen LogP contribution in [0.1, 0.15) is 40.0 Å². The quantitative estimate of drug-likeness (QED) is 0.376. The molecule has 0 rings (SSSR count). The predicted molar refractivity (Wildman–Crippen MR) is 83.9 cm³/mol. The summed E-state index contributed by atoms with van der Waals surface area (Å²) in [5.74, 6) is 0.523. The zero-order valence-electron chi connectivity index (χ0n) is 12.4. The molecular formula is C17H27NO. The Labute approximate surface area is 118 Å². The number of nitrogens with one attached hydrogen (secondary N) is 1. The van der Waals surface area contributed by atoms with Gasteiger partial charge in [-0.25, -0.2) is 0 Å². The topological polar surface area (TPSA) is 29.1 Å². The van der Waals surface area contributed by atoms with Crippen molar-refractivity contribution in [3.05, 3.63) is 48.6 Å². The molecule has 0 aromatic heterocycles. The first-order valence-corrected chi connectivity index (χ1v) is 7.09. The van der Waals surface area contributed by atoms with E-state index in [0.29, 0.717) is 5.92 Å². The Balaban J connectivity index is 3.68. The van der Waals surface area contributed by atoms with Crippen molar-refractivity contribution in [1.29, 1.82) is 0 Å². The van der Waals surface area contributed by atoms with Crippen LogP contribution in [0.15, 0.2) is 48.6 Å². The average Bonchev–Trinajstić information content (AvgIpc) is 2.42. The van der Waals surface area contributed by atoms with E-state index in [4.69, 9.17) is 0 Å². The number of hydrogen-bond acceptors (Lipinski definition) is 1. The second-order valence-electron chi connectivity index (χ2n) is 4.58. The summed E-state index contributed by atoms with van der Waals surface area (Å²) in [5, 5.41) is 2.88. The van der Waals surface area contributed by atoms with Crippen molar-refractivity contribution in [2.24, 2.45) is 5.92 Å². The lowest BCUT2D eigenvalue weighted by molar-refractivity contribution is -0.116. The van der Waals surface area contributed by atoms with E-state index in [1.54, 1.807) is 12.2 Å². The van der Waals surface area contributed by atoms with Gasteiger partial charge in [0.1, 0.15) is 0 Å². The van der Waals surface area contributed by atoms with E-state index in [9.17, 15) is 4.79 Å². The second kappa shape index (κ2) is 12.9. The van der Waals surface area contributed by atoms with Gasteiger partial charge in [0, 0.05) is 12.6 Å². The van der Waals surface area contributed by atoms with Crippen molar-refractivity contribution in [1.82, 2.24) is 5.32 Å². The first kappa shape index (κ1) is 17.4. The average molecular weight is 261 g/mol. The zero-order valence-corrected chi connectivity index (χ0v) is 12.4. The van der Waals surface area contributed by atoms with Crippen LogP contribution >= 0.6 is 0 Å². The molecule has 0 bridgehead atoms. The SMILES string of the molecule is C/C=C\C=C/CC/C=C/C=C/C(=O)NCC(C)CC. The lowest BCUT2D eigenvalue weighted by Gasteiger charge is -2.07. The van der Waals surface area contributed by atoms with Crippen molar-refractivity contribution in [3.63, 3.8) is 0 Å². The van der Waals surface area contributed by atoms with Crippen LogP contribution in [0.3, 0.4) is 0 Å². The van der Waals surface area contributed by atoms with Gasteiger partial charge >= 0.3 is 0 Å². The highest BCUT2D eigenvalue weighted by Crippen LogP contribution is 1.97. The molecule has 1 amide bonds. The Morgan fingerprint density at radius 2 is 1.74 bits per heavy atom. The molecule has 0 aromatic rings. The number of carbonyl (C=O) groups excluding carboxylic acids is 1. The Morgan fingerprint density at radius 1 is 1.11 bits per heavy atom. The second-order valence-corrected chi connectivity index (χ2v) is 4.58. The molecular weight excluding hydrogens is 234 g/mol. The summed E-state index contributed by atoms with van der Waals surface area (Å²) in [7, 11) is 0. The first-order valence-electron chi connectivity index (χ1n) is 7.09. The molecule has 0 aliphatic carbocycles. The fourth-order valence-electron chi connectivity index (χ4n) is 1.27. The summed E-state index contributed by atoms with van der Waals surface area (Å²) in [5.41, 5.74) is 0. The minimum atomic E-state index is -0.0158. The van der Waals surface area contributed by atoms with Crippen molar-refractivity contribution in [2.75, 3.05) is 6.54 Å². The normalized spacial score (nSPS) is 14.1. The smallest absolute Gasteiger partial charge is 0.243 e. The van der Waals surface area contributed by atoms with Gasteiger partial charge in [0.05, 0.1) is 0 Å². The van der Waals surface area contributed by atoms with Gasteiger partial charge in [0.2, 0.25) is 5.91 Å². The Morgan fingerprint density at radius 3 is 2.32 bits per heavy atom. The summed E-state index contributed by atoms with van der Waals surface area (Å²) in [6.45, 7) is 7.01. The van der Waals surface area contributed by atoms with E-state index in [0.717, 1.165) is 25.8 Å². The zero-order chi connectivity index (χ0) is 14.3. The van der Waals surface area contributed by atoms with Gasteiger partial charge in [-0.1, -0.05) is 62.8 Å². The molecule has 0 saturated heterocycles. The predicted octanol–water partition coefficient (Wildman–Crippen LogP) is 4.17. The minimum Gasteiger partial charge on any atom is -0.352 e. The van der Waals surface area contributed by atoms with Gasteiger partial charge in [0.15, 0.2) is 0 Å². The summed E-state index contributed by atoms with van der Waals surface area (Å²) >= 11 is 0. The molecule has 19 heavy (non-hydrogen) atoms. The Kier molecular flexibility index (Phi) is 11.8. The summed E-state index contributed by atoms with van der Waals surface area (Å²) in [6.07, 6.45) is 18.7. The highest BCUT2D eigenvalue weighted by Gasteiger charge is 1.99. The lowest BCUT2D eigenvalue weighted by Crippen LogP contribution is -2.26. The van der Waals surface area contributed by atoms with Gasteiger partial charge in [0.25, 0.3) is 0 Å². The molecule has 0 fully saturated rings. The van der Waals surface area contributed by atoms with Crippen LogP contribution in [0.25, 0.3) is 0 Å². The van der Waals surface area contributed by atoms with E-state index >= 15 is 0 Å². The van der Waals surface area contributed by atoms with Crippen LogP contribution in [-0.4, -0.2) is 12.5 Å². The Bertz CT molecular complexity index is 337. The molecule has 1 unspecified atom stereocenters. The maximum atomic E-state index is 11.4. The Hall–Kier alpha value is -1.57. The maximum Gasteiger partial charge on any atom is 0.243 e. The molecule has 0 radical (unpaired) electrons. The van der Waals surface area contributed by atoms with E-state index < -0.39 is 0 Å². The third-order valence-corrected chi connectivity index (χ3v) is 2.76. The highest BCUT2D eigenvalue weighted by molar-refractivity contribution is 5.87. The fourth-order valence-corrected chi connectivity index (χ4v) is 1.27. The molecule has 0 aromatic carbocycles. The van der Waals surface area contributed by atoms with Crippen LogP contribution in [0.4, 0.5) is 0 Å². The molecule has 0 spiro atoms. The third kappa shape index (κ3) is 12.7. The van der Waals surface area contributed by atoms with E-state index in [1.165, 1.54) is 0 Å². The van der Waals surface area contributed by atoms with Gasteiger partial charge in [-0.05, 0) is 25.7 Å². The number of allylic oxidation sites excluding steroid dienone is 7. The van der Waals surface area contributed by atoms with Crippen LogP contribution in [0, 0.1) is 5.92 Å². The number of amides is 1. The summed E-state index contributed by atoms with van der Waals surface area (Å²) in [6, 6.07) is 0. The number of hydrogen-bond donors (Lipinski definition) is 1. The van der Waals surface area contributed by atoms with Gasteiger partial charge in [-0.15, -0.1) is 0 Å². The minimum absolute atomic E-state index is 0.0158. The number of rotatable bonds is 9. The standard InChI is InChI=1S/C17H27NO/c1-4-6-7-8-9-10-11-12-13-14-17(19)18-15-16(3)5-2/h4,6-8,11-14,16H,5,9-10,15H2,1-3H3,(H,18,19)/b6-4-,8-7-,12-11+,14-13+. The molecule has 0 aliphatic heterocycles. The number of carbonyl (C=O) groups is 1. The molecule has 1 N–H and O–H groups in total. The van der Waals surface area contributed by atoms with E-state index in [-0.39, 0.29) is 5.91 Å². The lowest BCUT2D eigenvalue weighted by atomic mass is 10.1. The summed E-state index contributed by atoms with van der Waals surface area (Å²) in [4.78, 5) is 11.4. The molecule has 0 aliphatic rings. The van der Waals surface area contributed by atoms with Gasteiger partial charge in [-0.3, -0.25) is 4.79 Å². The number of unbranched alkanes of at least 4 members (excludes halogenated alkanes) is 1. The van der Waals surface area contributed by atoms with Crippen molar-refractivity contribution in [3.8, 4) is 0 Å². The maximum absolute atomic E-state index is 11.4. The molecule has 2 heteroatoms.